The molecule has 0 fully saturated rings. The van der Waals surface area contributed by atoms with E-state index < -0.39 is 0 Å². The van der Waals surface area contributed by atoms with Gasteiger partial charge in [-0.3, -0.25) is 0 Å². The Hall–Kier alpha value is -1.11. The summed E-state index contributed by atoms with van der Waals surface area (Å²) >= 11 is 0. The van der Waals surface area contributed by atoms with Crippen LogP contribution >= 0.6 is 0 Å². The number of aldehydes is 1. The molecule has 1 aromatic carbocycles. The Morgan fingerprint density at radius 1 is 1.07 bits per heavy atom. The summed E-state index contributed by atoms with van der Waals surface area (Å²) in [4.78, 5) is 10.4. The zero-order valence-corrected chi connectivity index (χ0v) is 9.16. The van der Waals surface area contributed by atoms with Crippen LogP contribution in [-0.4, -0.2) is 6.29 Å². The van der Waals surface area contributed by atoms with Crippen molar-refractivity contribution in [3.05, 3.63) is 35.4 Å². The predicted molar refractivity (Wildman–Crippen MR) is 59.6 cm³/mol. The van der Waals surface area contributed by atoms with Gasteiger partial charge >= 0.3 is 0 Å². The predicted octanol–water partition coefficient (Wildman–Crippen LogP) is 3.50. The smallest absolute Gasteiger partial charge is 0.120 e. The van der Waals surface area contributed by atoms with E-state index in [4.69, 9.17) is 0 Å². The summed E-state index contributed by atoms with van der Waals surface area (Å²) < 4.78 is 0. The summed E-state index contributed by atoms with van der Waals surface area (Å²) in [6.45, 7) is 6.45. The van der Waals surface area contributed by atoms with E-state index in [1.807, 2.05) is 0 Å². The van der Waals surface area contributed by atoms with Crippen molar-refractivity contribution in [2.75, 3.05) is 0 Å². The van der Waals surface area contributed by atoms with Crippen LogP contribution in [0.2, 0.25) is 0 Å². The molecular formula is C13H18O. The van der Waals surface area contributed by atoms with Crippen LogP contribution in [0.4, 0.5) is 0 Å². The highest BCUT2D eigenvalue weighted by atomic mass is 16.1. The molecule has 0 N–H and O–H groups in total. The Kier molecular flexibility index (Phi) is 3.87. The molecule has 0 aliphatic carbocycles. The quantitative estimate of drug-likeness (QED) is 0.664. The van der Waals surface area contributed by atoms with Crippen molar-refractivity contribution < 1.29 is 4.79 Å². The van der Waals surface area contributed by atoms with E-state index in [1.54, 1.807) is 0 Å². The van der Waals surface area contributed by atoms with Crippen molar-refractivity contribution >= 4 is 6.29 Å². The molecule has 0 unspecified atom stereocenters. The maximum atomic E-state index is 10.4. The minimum Gasteiger partial charge on any atom is -0.303 e. The van der Waals surface area contributed by atoms with Crippen LogP contribution in [0.25, 0.3) is 0 Å². The maximum Gasteiger partial charge on any atom is 0.120 e. The van der Waals surface area contributed by atoms with E-state index in [9.17, 15) is 4.79 Å². The van der Waals surface area contributed by atoms with Crippen molar-refractivity contribution in [3.8, 4) is 0 Å². The average molecular weight is 190 g/mol. The van der Waals surface area contributed by atoms with Gasteiger partial charge in [0.25, 0.3) is 0 Å². The van der Waals surface area contributed by atoms with Gasteiger partial charge in [0.05, 0.1) is 0 Å². The summed E-state index contributed by atoms with van der Waals surface area (Å²) in [5.74, 6) is 0.916. The van der Waals surface area contributed by atoms with Gasteiger partial charge in [-0.15, -0.1) is 0 Å². The van der Waals surface area contributed by atoms with Crippen molar-refractivity contribution in [2.24, 2.45) is 0 Å². The van der Waals surface area contributed by atoms with E-state index >= 15 is 0 Å². The van der Waals surface area contributed by atoms with Crippen LogP contribution in [-0.2, 0) is 4.79 Å². The first-order valence-electron chi connectivity index (χ1n) is 5.18. The molecule has 0 bridgehead atoms. The first-order valence-corrected chi connectivity index (χ1v) is 5.18. The van der Waals surface area contributed by atoms with Gasteiger partial charge in [-0.25, -0.2) is 0 Å². The third-order valence-corrected chi connectivity index (χ3v) is 2.62. The second-order valence-electron chi connectivity index (χ2n) is 4.12. The van der Waals surface area contributed by atoms with E-state index in [-0.39, 0.29) is 0 Å². The average Bonchev–Trinajstić information content (AvgIpc) is 2.18. The summed E-state index contributed by atoms with van der Waals surface area (Å²) in [7, 11) is 0. The molecule has 0 aliphatic heterocycles. The number of benzene rings is 1. The second-order valence-corrected chi connectivity index (χ2v) is 4.12. The highest BCUT2D eigenvalue weighted by Gasteiger charge is 2.05. The van der Waals surface area contributed by atoms with Crippen LogP contribution in [0.5, 0.6) is 0 Å². The Balaban J connectivity index is 2.77. The van der Waals surface area contributed by atoms with Crippen LogP contribution in [0.3, 0.4) is 0 Å². The van der Waals surface area contributed by atoms with E-state index in [0.717, 1.165) is 6.29 Å². The van der Waals surface area contributed by atoms with Crippen LogP contribution in [0.15, 0.2) is 24.3 Å². The Bertz CT molecular complexity index is 285. The highest BCUT2D eigenvalue weighted by molar-refractivity contribution is 5.51. The monoisotopic (exact) mass is 190 g/mol. The lowest BCUT2D eigenvalue weighted by Gasteiger charge is -2.10. The van der Waals surface area contributed by atoms with Gasteiger partial charge in [0.2, 0.25) is 0 Å². The Morgan fingerprint density at radius 2 is 1.57 bits per heavy atom. The molecule has 0 heterocycles. The fourth-order valence-corrected chi connectivity index (χ4v) is 1.49. The van der Waals surface area contributed by atoms with Crippen LogP contribution in [0, 0.1) is 0 Å². The second kappa shape index (κ2) is 4.94. The zero-order valence-electron chi connectivity index (χ0n) is 9.16. The molecule has 14 heavy (non-hydrogen) atoms. The Morgan fingerprint density at radius 3 is 2.00 bits per heavy atom. The Labute approximate surface area is 86.1 Å². The third kappa shape index (κ3) is 2.69. The van der Waals surface area contributed by atoms with Crippen molar-refractivity contribution in [1.82, 2.24) is 0 Å². The lowest BCUT2D eigenvalue weighted by Crippen LogP contribution is -1.95. The van der Waals surface area contributed by atoms with Crippen LogP contribution < -0.4 is 0 Å². The molecule has 1 nitrogen and oxygen atoms in total. The summed E-state index contributed by atoms with van der Waals surface area (Å²) in [6.07, 6.45) is 1.60. The van der Waals surface area contributed by atoms with Gasteiger partial charge in [0, 0.05) is 6.42 Å². The van der Waals surface area contributed by atoms with E-state index in [1.165, 1.54) is 11.1 Å². The van der Waals surface area contributed by atoms with Crippen molar-refractivity contribution in [3.63, 3.8) is 0 Å². The number of hydrogen-bond acceptors (Lipinski definition) is 1. The van der Waals surface area contributed by atoms with Crippen LogP contribution in [0.1, 0.15) is 50.2 Å². The number of hydrogen-bond donors (Lipinski definition) is 0. The lowest BCUT2D eigenvalue weighted by molar-refractivity contribution is -0.108. The fourth-order valence-electron chi connectivity index (χ4n) is 1.49. The first kappa shape index (κ1) is 11.0. The van der Waals surface area contributed by atoms with E-state index in [2.05, 4.69) is 45.0 Å². The molecule has 1 atom stereocenters. The standard InChI is InChI=1S/C13H18O/c1-10(2)12-4-6-13(7-5-12)11(3)8-9-14/h4-7,9-11H,8H2,1-3H3/t11-/m1/s1. The molecule has 0 saturated carbocycles. The SMILES string of the molecule is CC(C)c1ccc([C@H](C)CC=O)cc1. The lowest BCUT2D eigenvalue weighted by atomic mass is 9.95. The topological polar surface area (TPSA) is 17.1 Å². The van der Waals surface area contributed by atoms with Gasteiger partial charge in [-0.1, -0.05) is 45.0 Å². The number of rotatable bonds is 4. The molecule has 76 valence electrons. The normalized spacial score (nSPS) is 12.9. The van der Waals surface area contributed by atoms with Crippen molar-refractivity contribution in [2.45, 2.75) is 39.0 Å². The molecular weight excluding hydrogens is 172 g/mol. The maximum absolute atomic E-state index is 10.4. The zero-order chi connectivity index (χ0) is 10.6. The summed E-state index contributed by atoms with van der Waals surface area (Å²) in [6, 6.07) is 8.57. The first-order chi connectivity index (χ1) is 6.65. The van der Waals surface area contributed by atoms with Gasteiger partial charge in [0.1, 0.15) is 6.29 Å². The molecule has 0 aliphatic rings. The molecule has 1 rings (SSSR count). The minimum absolute atomic E-state index is 0.341. The molecule has 0 saturated heterocycles. The number of carbonyl (C=O) groups excluding carboxylic acids is 1. The molecule has 1 aromatic rings. The minimum atomic E-state index is 0.341. The van der Waals surface area contributed by atoms with Gasteiger partial charge < -0.3 is 4.79 Å². The van der Waals surface area contributed by atoms with Gasteiger partial charge in [-0.2, -0.15) is 0 Å². The molecule has 1 heteroatoms. The molecule has 0 spiro atoms. The van der Waals surface area contributed by atoms with Gasteiger partial charge in [-0.05, 0) is 23.0 Å². The molecule has 0 radical (unpaired) electrons. The van der Waals surface area contributed by atoms with E-state index in [0.29, 0.717) is 18.3 Å². The highest BCUT2D eigenvalue weighted by Crippen LogP contribution is 2.21. The summed E-state index contributed by atoms with van der Waals surface area (Å²) in [5, 5.41) is 0. The molecule has 0 amide bonds. The van der Waals surface area contributed by atoms with Gasteiger partial charge in [0.15, 0.2) is 0 Å². The molecule has 0 aromatic heterocycles. The third-order valence-electron chi connectivity index (χ3n) is 2.62. The fraction of sp³-hybridized carbons (Fsp3) is 0.462. The summed E-state index contributed by atoms with van der Waals surface area (Å²) in [5.41, 5.74) is 2.61. The van der Waals surface area contributed by atoms with Crippen molar-refractivity contribution in [1.29, 1.82) is 0 Å². The number of carbonyl (C=O) groups is 1. The largest absolute Gasteiger partial charge is 0.303 e.